The summed E-state index contributed by atoms with van der Waals surface area (Å²) >= 11 is 3.20. The molecule has 2 rings (SSSR count). The van der Waals surface area contributed by atoms with Gasteiger partial charge in [-0.15, -0.1) is 0 Å². The number of halogens is 1. The number of anilines is 1. The van der Waals surface area contributed by atoms with Crippen LogP contribution in [0.1, 0.15) is 6.42 Å². The van der Waals surface area contributed by atoms with Crippen molar-refractivity contribution in [3.63, 3.8) is 0 Å². The van der Waals surface area contributed by atoms with Crippen LogP contribution >= 0.6 is 15.9 Å². The maximum absolute atomic E-state index is 12.7. The van der Waals surface area contributed by atoms with E-state index in [0.717, 1.165) is 4.31 Å². The van der Waals surface area contributed by atoms with Gasteiger partial charge in [-0.2, -0.15) is 4.31 Å². The highest BCUT2D eigenvalue weighted by molar-refractivity contribution is 9.10. The summed E-state index contributed by atoms with van der Waals surface area (Å²) < 4.78 is 50.1. The third kappa shape index (κ3) is 3.38. The Kier molecular flexibility index (Phi) is 4.62. The lowest BCUT2D eigenvalue weighted by Gasteiger charge is -2.23. The second kappa shape index (κ2) is 5.82. The predicted octanol–water partition coefficient (Wildman–Crippen LogP) is 0.693. The van der Waals surface area contributed by atoms with Crippen molar-refractivity contribution in [2.24, 2.45) is 0 Å². The second-order valence-corrected chi connectivity index (χ2v) is 9.94. The normalized spacial score (nSPS) is 21.6. The first-order valence-corrected chi connectivity index (χ1v) is 10.2. The SMILES string of the molecule is CNc1ncc(Br)cc1S(=O)(=O)N(C)C1CCS(=O)(=O)C1. The topological polar surface area (TPSA) is 96.4 Å². The Morgan fingerprint density at radius 3 is 2.67 bits per heavy atom. The average molecular weight is 398 g/mol. The molecule has 0 radical (unpaired) electrons. The van der Waals surface area contributed by atoms with Crippen molar-refractivity contribution >= 4 is 41.6 Å². The van der Waals surface area contributed by atoms with Crippen LogP contribution in [0, 0.1) is 0 Å². The van der Waals surface area contributed by atoms with Gasteiger partial charge in [0.25, 0.3) is 0 Å². The lowest BCUT2D eigenvalue weighted by atomic mass is 10.3. The van der Waals surface area contributed by atoms with Gasteiger partial charge in [0, 0.05) is 30.8 Å². The summed E-state index contributed by atoms with van der Waals surface area (Å²) in [6.07, 6.45) is 1.80. The van der Waals surface area contributed by atoms with E-state index in [2.05, 4.69) is 26.2 Å². The Hall–Kier alpha value is -0.710. The van der Waals surface area contributed by atoms with E-state index in [-0.39, 0.29) is 22.2 Å². The van der Waals surface area contributed by atoms with Crippen molar-refractivity contribution in [3.05, 3.63) is 16.7 Å². The van der Waals surface area contributed by atoms with Crippen molar-refractivity contribution in [2.75, 3.05) is 30.9 Å². The van der Waals surface area contributed by atoms with E-state index >= 15 is 0 Å². The minimum absolute atomic E-state index is 0.0196. The van der Waals surface area contributed by atoms with E-state index in [0.29, 0.717) is 10.9 Å². The number of nitrogens with one attached hydrogen (secondary N) is 1. The molecule has 1 N–H and O–H groups in total. The first-order chi connectivity index (χ1) is 9.67. The molecule has 1 aromatic rings. The molecule has 0 saturated carbocycles. The molecule has 1 fully saturated rings. The first kappa shape index (κ1) is 16.7. The number of sulfone groups is 1. The molecule has 7 nitrogen and oxygen atoms in total. The van der Waals surface area contributed by atoms with Crippen molar-refractivity contribution in [1.82, 2.24) is 9.29 Å². The summed E-state index contributed by atoms with van der Waals surface area (Å²) in [7, 11) is -3.99. The Morgan fingerprint density at radius 2 is 2.14 bits per heavy atom. The van der Waals surface area contributed by atoms with Crippen LogP contribution in [0.25, 0.3) is 0 Å². The molecule has 1 aliphatic rings. The summed E-state index contributed by atoms with van der Waals surface area (Å²) in [5.74, 6) is 0.109. The highest BCUT2D eigenvalue weighted by atomic mass is 79.9. The van der Waals surface area contributed by atoms with Gasteiger partial charge in [-0.25, -0.2) is 21.8 Å². The van der Waals surface area contributed by atoms with E-state index < -0.39 is 25.9 Å². The fraction of sp³-hybridized carbons (Fsp3) is 0.545. The first-order valence-electron chi connectivity index (χ1n) is 6.19. The minimum Gasteiger partial charge on any atom is -0.372 e. The molecular formula is C11H16BrN3O4S2. The average Bonchev–Trinajstić information content (AvgIpc) is 2.78. The Morgan fingerprint density at radius 1 is 1.48 bits per heavy atom. The number of sulfonamides is 1. The smallest absolute Gasteiger partial charge is 0.246 e. The van der Waals surface area contributed by atoms with E-state index in [1.807, 2.05) is 0 Å². The van der Waals surface area contributed by atoms with Gasteiger partial charge >= 0.3 is 0 Å². The molecule has 2 heterocycles. The zero-order valence-electron chi connectivity index (χ0n) is 11.6. The van der Waals surface area contributed by atoms with Gasteiger partial charge in [0.1, 0.15) is 10.7 Å². The molecule has 1 aliphatic heterocycles. The lowest BCUT2D eigenvalue weighted by Crippen LogP contribution is -2.38. The van der Waals surface area contributed by atoms with E-state index in [1.54, 1.807) is 7.05 Å². The minimum atomic E-state index is -3.82. The molecule has 0 aliphatic carbocycles. The molecule has 1 unspecified atom stereocenters. The number of aromatic nitrogens is 1. The summed E-state index contributed by atoms with van der Waals surface area (Å²) in [5.41, 5.74) is 0. The van der Waals surface area contributed by atoms with Gasteiger partial charge in [-0.3, -0.25) is 0 Å². The van der Waals surface area contributed by atoms with Gasteiger partial charge < -0.3 is 5.32 Å². The Bertz CT molecular complexity index is 749. The van der Waals surface area contributed by atoms with Crippen LogP contribution in [-0.4, -0.2) is 57.8 Å². The molecule has 21 heavy (non-hydrogen) atoms. The molecule has 1 aromatic heterocycles. The molecular weight excluding hydrogens is 382 g/mol. The molecule has 0 spiro atoms. The zero-order valence-corrected chi connectivity index (χ0v) is 14.8. The van der Waals surface area contributed by atoms with E-state index in [4.69, 9.17) is 0 Å². The van der Waals surface area contributed by atoms with E-state index in [1.165, 1.54) is 19.3 Å². The quantitative estimate of drug-likeness (QED) is 0.802. The van der Waals surface area contributed by atoms with Crippen LogP contribution in [0.5, 0.6) is 0 Å². The third-order valence-electron chi connectivity index (χ3n) is 3.44. The molecule has 118 valence electrons. The fourth-order valence-electron chi connectivity index (χ4n) is 2.22. The van der Waals surface area contributed by atoms with Crippen molar-refractivity contribution < 1.29 is 16.8 Å². The summed E-state index contributed by atoms with van der Waals surface area (Å²) in [6, 6.07) is 0.914. The Balaban J connectivity index is 2.40. The number of rotatable bonds is 4. The standard InChI is InChI=1S/C11H16BrN3O4S2/c1-13-11-10(5-8(12)6-14-11)21(18,19)15(2)9-3-4-20(16,17)7-9/h5-6,9H,3-4,7H2,1-2H3,(H,13,14). The van der Waals surface area contributed by atoms with Gasteiger partial charge in [0.05, 0.1) is 11.5 Å². The van der Waals surface area contributed by atoms with Gasteiger partial charge in [0.15, 0.2) is 9.84 Å². The third-order valence-corrected chi connectivity index (χ3v) is 7.54. The van der Waals surface area contributed by atoms with Crippen LogP contribution in [-0.2, 0) is 19.9 Å². The van der Waals surface area contributed by atoms with Crippen LogP contribution < -0.4 is 5.32 Å². The van der Waals surface area contributed by atoms with Crippen molar-refractivity contribution in [2.45, 2.75) is 17.4 Å². The number of pyridine rings is 1. The summed E-state index contributed by atoms with van der Waals surface area (Å²) in [5, 5.41) is 2.73. The van der Waals surface area contributed by atoms with Crippen LogP contribution in [0.2, 0.25) is 0 Å². The number of hydrogen-bond acceptors (Lipinski definition) is 6. The molecule has 0 bridgehead atoms. The van der Waals surface area contributed by atoms with Gasteiger partial charge in [0.2, 0.25) is 10.0 Å². The molecule has 1 saturated heterocycles. The van der Waals surface area contributed by atoms with Crippen molar-refractivity contribution in [3.8, 4) is 0 Å². The monoisotopic (exact) mass is 397 g/mol. The van der Waals surface area contributed by atoms with Crippen LogP contribution in [0.3, 0.4) is 0 Å². The predicted molar refractivity (Wildman–Crippen MR) is 83.5 cm³/mol. The summed E-state index contributed by atoms with van der Waals surface area (Å²) in [6.45, 7) is 0. The highest BCUT2D eigenvalue weighted by Crippen LogP contribution is 2.28. The summed E-state index contributed by atoms with van der Waals surface area (Å²) in [4.78, 5) is 4.04. The lowest BCUT2D eigenvalue weighted by molar-refractivity contribution is 0.394. The fourth-order valence-corrected chi connectivity index (χ4v) is 6.13. The number of hydrogen-bond donors (Lipinski definition) is 1. The van der Waals surface area contributed by atoms with Gasteiger partial charge in [-0.05, 0) is 28.4 Å². The molecule has 0 amide bonds. The number of nitrogens with zero attached hydrogens (tertiary/aromatic N) is 2. The molecule has 0 aromatic carbocycles. The van der Waals surface area contributed by atoms with E-state index in [9.17, 15) is 16.8 Å². The van der Waals surface area contributed by atoms with Gasteiger partial charge in [-0.1, -0.05) is 0 Å². The molecule has 1 atom stereocenters. The maximum Gasteiger partial charge on any atom is 0.246 e. The Labute approximate surface area is 132 Å². The molecule has 10 heteroatoms. The maximum atomic E-state index is 12.7. The zero-order chi connectivity index (χ0) is 15.8. The highest BCUT2D eigenvalue weighted by Gasteiger charge is 2.37. The van der Waals surface area contributed by atoms with Crippen LogP contribution in [0.4, 0.5) is 5.82 Å². The van der Waals surface area contributed by atoms with Crippen molar-refractivity contribution in [1.29, 1.82) is 0 Å². The van der Waals surface area contributed by atoms with Crippen LogP contribution in [0.15, 0.2) is 21.6 Å². The largest absolute Gasteiger partial charge is 0.372 e. The second-order valence-electron chi connectivity index (χ2n) is 4.83.